The normalized spacial score (nSPS) is 14.9. The summed E-state index contributed by atoms with van der Waals surface area (Å²) < 4.78 is 13.9. The first kappa shape index (κ1) is 9.98. The van der Waals surface area contributed by atoms with E-state index in [1.54, 1.807) is 0 Å². The summed E-state index contributed by atoms with van der Waals surface area (Å²) in [6.45, 7) is 1.95. The van der Waals surface area contributed by atoms with Gasteiger partial charge in [0.15, 0.2) is 0 Å². The van der Waals surface area contributed by atoms with E-state index in [9.17, 15) is 9.46 Å². The van der Waals surface area contributed by atoms with Crippen LogP contribution in [0.5, 0.6) is 0 Å². The summed E-state index contributed by atoms with van der Waals surface area (Å²) in [5, 5.41) is 8.74. The van der Waals surface area contributed by atoms with Crippen molar-refractivity contribution in [1.82, 2.24) is 0 Å². The minimum atomic E-state index is -2.91. The maximum absolute atomic E-state index is 9.83. The number of hydrogen-bond donors (Lipinski definition) is 1. The lowest BCUT2D eigenvalue weighted by molar-refractivity contribution is -0.200. The second-order valence-electron chi connectivity index (χ2n) is 1.93. The summed E-state index contributed by atoms with van der Waals surface area (Å²) in [6, 6.07) is 0. The lowest BCUT2D eigenvalue weighted by Gasteiger charge is -2.01. The third kappa shape index (κ3) is 6.11. The monoisotopic (exact) mass is 166 g/mol. The second-order valence-corrected chi connectivity index (χ2v) is 2.58. The fourth-order valence-corrected chi connectivity index (χ4v) is 0.835. The molecule has 0 saturated carbocycles. The van der Waals surface area contributed by atoms with Crippen LogP contribution in [-0.2, 0) is 9.09 Å². The first-order valence-electron chi connectivity index (χ1n) is 3.16. The molecule has 1 N–H and O–H groups in total. The van der Waals surface area contributed by atoms with E-state index >= 15 is 0 Å². The summed E-state index contributed by atoms with van der Waals surface area (Å²) in [7, 11) is -2.91. The maximum atomic E-state index is 9.83. The molecule has 0 saturated heterocycles. The number of aliphatic hydroxyl groups is 1. The highest BCUT2D eigenvalue weighted by molar-refractivity contribution is 7.30. The van der Waals surface area contributed by atoms with Gasteiger partial charge in [0.1, 0.15) is 0 Å². The Kier molecular flexibility index (Phi) is 5.73. The van der Waals surface area contributed by atoms with Crippen molar-refractivity contribution in [3.8, 4) is 0 Å². The first-order chi connectivity index (χ1) is 4.66. The highest BCUT2D eigenvalue weighted by Gasteiger charge is 2.11. The summed E-state index contributed by atoms with van der Waals surface area (Å²) in [6.07, 6.45) is 0.904. The predicted octanol–water partition coefficient (Wildman–Crippen LogP) is 0.529. The van der Waals surface area contributed by atoms with Gasteiger partial charge in [-0.15, -0.1) is 4.52 Å². The van der Waals surface area contributed by atoms with E-state index in [-0.39, 0.29) is 0 Å². The van der Waals surface area contributed by atoms with Gasteiger partial charge in [-0.3, -0.25) is 0 Å². The average molecular weight is 166 g/mol. The Morgan fingerprint density at radius 2 is 2.40 bits per heavy atom. The van der Waals surface area contributed by atoms with Gasteiger partial charge in [-0.25, -0.2) is 0 Å². The number of rotatable bonds is 5. The molecule has 0 aromatic rings. The van der Waals surface area contributed by atoms with E-state index in [1.165, 1.54) is 0 Å². The molecule has 0 aliphatic rings. The van der Waals surface area contributed by atoms with Crippen LogP contribution in [0.3, 0.4) is 0 Å². The van der Waals surface area contributed by atoms with Crippen LogP contribution in [0.4, 0.5) is 0 Å². The molecule has 0 aromatic carbocycles. The van der Waals surface area contributed by atoms with Gasteiger partial charge in [0.2, 0.25) is 6.29 Å². The maximum Gasteiger partial charge on any atom is 0.491 e. The molecule has 2 unspecified atom stereocenters. The highest BCUT2D eigenvalue weighted by Crippen LogP contribution is 2.14. The summed E-state index contributed by atoms with van der Waals surface area (Å²) >= 11 is 0. The van der Waals surface area contributed by atoms with Crippen LogP contribution in [0.2, 0.25) is 0 Å². The Labute approximate surface area is 60.8 Å². The van der Waals surface area contributed by atoms with Gasteiger partial charge >= 0.3 is 8.25 Å². The molecule has 10 heavy (non-hydrogen) atoms. The smallest absolute Gasteiger partial charge is 0.491 e. The molecule has 0 rings (SSSR count). The molecule has 2 atom stereocenters. The van der Waals surface area contributed by atoms with Gasteiger partial charge in [-0.1, -0.05) is 13.3 Å². The Bertz CT molecular complexity index is 106. The first-order valence-corrected chi connectivity index (χ1v) is 4.25. The molecule has 4 nitrogen and oxygen atoms in total. The van der Waals surface area contributed by atoms with Crippen LogP contribution in [0.1, 0.15) is 26.2 Å². The van der Waals surface area contributed by atoms with E-state index in [4.69, 9.17) is 5.11 Å². The molecule has 0 bridgehead atoms. The van der Waals surface area contributed by atoms with Crippen molar-refractivity contribution in [2.24, 2.45) is 0 Å². The Balaban J connectivity index is 3.25. The molecule has 0 aliphatic carbocycles. The van der Waals surface area contributed by atoms with Crippen molar-refractivity contribution in [3.05, 3.63) is 0 Å². The third-order valence-corrected chi connectivity index (χ3v) is 1.43. The van der Waals surface area contributed by atoms with E-state index in [2.05, 4.69) is 4.52 Å². The van der Waals surface area contributed by atoms with Crippen LogP contribution in [-0.4, -0.2) is 11.4 Å². The van der Waals surface area contributed by atoms with Crippen molar-refractivity contribution in [1.29, 1.82) is 0 Å². The Hall–Kier alpha value is -0.0200. The van der Waals surface area contributed by atoms with Gasteiger partial charge < -0.3 is 10.00 Å². The molecule has 60 valence electrons. The van der Waals surface area contributed by atoms with E-state index in [1.807, 2.05) is 6.92 Å². The molecule has 0 spiro atoms. The lowest BCUT2D eigenvalue weighted by Crippen LogP contribution is -2.09. The molecular weight excluding hydrogens is 155 g/mol. The minimum absolute atomic E-state index is 0.375. The fourth-order valence-electron chi connectivity index (χ4n) is 0.531. The topological polar surface area (TPSA) is 69.6 Å². The van der Waals surface area contributed by atoms with Gasteiger partial charge in [0, 0.05) is 6.42 Å². The molecular formula is C5H11O4P. The fraction of sp³-hybridized carbons (Fsp3) is 1.00. The molecule has 0 aromatic heterocycles. The quantitative estimate of drug-likeness (QED) is 0.477. The van der Waals surface area contributed by atoms with Crippen molar-refractivity contribution in [2.75, 3.05) is 0 Å². The predicted molar refractivity (Wildman–Crippen MR) is 34.2 cm³/mol. The van der Waals surface area contributed by atoms with Crippen LogP contribution in [0.25, 0.3) is 0 Å². The standard InChI is InChI=1S/C5H11O4P/c1-2-3-4-5(6)9-10(7)8/h5-6H,2-4H2,1H3. The van der Waals surface area contributed by atoms with Gasteiger partial charge in [0.25, 0.3) is 0 Å². The van der Waals surface area contributed by atoms with Crippen LogP contribution in [0, 0.1) is 0 Å². The SMILES string of the molecule is CCCCC(O)O[P+](=O)[O-]. The zero-order chi connectivity index (χ0) is 7.98. The Morgan fingerprint density at radius 1 is 1.80 bits per heavy atom. The van der Waals surface area contributed by atoms with Crippen LogP contribution >= 0.6 is 8.25 Å². The molecule has 5 heteroatoms. The highest BCUT2D eigenvalue weighted by atomic mass is 31.1. The van der Waals surface area contributed by atoms with Crippen LogP contribution < -0.4 is 4.89 Å². The average Bonchev–Trinajstić information content (AvgIpc) is 1.82. The summed E-state index contributed by atoms with van der Waals surface area (Å²) in [5.41, 5.74) is 0. The minimum Gasteiger partial charge on any atom is -0.566 e. The van der Waals surface area contributed by atoms with Crippen LogP contribution in [0.15, 0.2) is 0 Å². The molecule has 0 amide bonds. The number of aliphatic hydroxyl groups excluding tert-OH is 1. The van der Waals surface area contributed by atoms with Gasteiger partial charge in [0.05, 0.1) is 0 Å². The van der Waals surface area contributed by atoms with Crippen molar-refractivity contribution < 1.29 is 19.1 Å². The van der Waals surface area contributed by atoms with Gasteiger partial charge in [-0.05, 0) is 11.0 Å². The number of unbranched alkanes of at least 4 members (excludes halogenated alkanes) is 1. The molecule has 0 radical (unpaired) electrons. The second kappa shape index (κ2) is 5.74. The van der Waals surface area contributed by atoms with Crippen molar-refractivity contribution in [2.45, 2.75) is 32.5 Å². The van der Waals surface area contributed by atoms with E-state index in [0.29, 0.717) is 6.42 Å². The van der Waals surface area contributed by atoms with Gasteiger partial charge in [-0.2, -0.15) is 0 Å². The Morgan fingerprint density at radius 3 is 2.80 bits per heavy atom. The summed E-state index contributed by atoms with van der Waals surface area (Å²) in [4.78, 5) is 9.83. The zero-order valence-corrected chi connectivity index (χ0v) is 6.71. The third-order valence-electron chi connectivity index (χ3n) is 1.01. The van der Waals surface area contributed by atoms with E-state index < -0.39 is 14.5 Å². The lowest BCUT2D eigenvalue weighted by atomic mass is 10.2. The molecule has 0 fully saturated rings. The molecule has 0 aliphatic heterocycles. The zero-order valence-electron chi connectivity index (χ0n) is 5.82. The largest absolute Gasteiger partial charge is 0.566 e. The summed E-state index contributed by atoms with van der Waals surface area (Å²) in [5.74, 6) is 0. The molecule has 0 heterocycles. The van der Waals surface area contributed by atoms with E-state index in [0.717, 1.165) is 12.8 Å². The number of hydrogen-bond acceptors (Lipinski definition) is 4. The van der Waals surface area contributed by atoms with Crippen molar-refractivity contribution in [3.63, 3.8) is 0 Å². The van der Waals surface area contributed by atoms with Crippen molar-refractivity contribution >= 4 is 8.25 Å².